The van der Waals surface area contributed by atoms with Gasteiger partial charge in [0.2, 0.25) is 0 Å². The summed E-state index contributed by atoms with van der Waals surface area (Å²) in [6, 6.07) is 0. The van der Waals surface area contributed by atoms with E-state index in [1.807, 2.05) is 0 Å². The van der Waals surface area contributed by atoms with Crippen LogP contribution >= 0.6 is 0 Å². The average molecular weight is 253 g/mol. The smallest absolute Gasteiger partial charge is 0.0708 e. The van der Waals surface area contributed by atoms with Crippen LogP contribution < -0.4 is 5.32 Å². The molecule has 3 aliphatic rings. The summed E-state index contributed by atoms with van der Waals surface area (Å²) in [6.07, 6.45) is 11.0. The monoisotopic (exact) mass is 253 g/mol. The summed E-state index contributed by atoms with van der Waals surface area (Å²) in [7, 11) is 0. The second kappa shape index (κ2) is 5.89. The number of rotatable bonds is 4. The number of nitrogens with one attached hydrogen (secondary N) is 1. The van der Waals surface area contributed by atoms with E-state index in [1.54, 1.807) is 0 Å². The zero-order valence-corrected chi connectivity index (χ0v) is 11.5. The molecule has 0 aromatic rings. The highest BCUT2D eigenvalue weighted by molar-refractivity contribution is 4.91. The van der Waals surface area contributed by atoms with Gasteiger partial charge in [-0.2, -0.15) is 0 Å². The fraction of sp³-hybridized carbons (Fsp3) is 1.00. The first-order valence-electron chi connectivity index (χ1n) is 7.83. The lowest BCUT2D eigenvalue weighted by Gasteiger charge is -2.33. The Hall–Kier alpha value is -0.120. The maximum atomic E-state index is 6.36. The predicted molar refractivity (Wildman–Crippen MR) is 71.7 cm³/mol. The second-order valence-electron chi connectivity index (χ2n) is 6.41. The van der Waals surface area contributed by atoms with Crippen LogP contribution in [0, 0.1) is 5.92 Å². The van der Waals surface area contributed by atoms with Gasteiger partial charge in [-0.3, -0.25) is 0 Å². The van der Waals surface area contributed by atoms with E-state index in [9.17, 15) is 0 Å². The highest BCUT2D eigenvalue weighted by Gasteiger charge is 2.40. The van der Waals surface area contributed by atoms with Crippen molar-refractivity contribution in [3.8, 4) is 0 Å². The summed E-state index contributed by atoms with van der Waals surface area (Å²) in [5.41, 5.74) is 0.279. The lowest BCUT2D eigenvalue weighted by atomic mass is 9.83. The van der Waals surface area contributed by atoms with E-state index in [0.29, 0.717) is 6.10 Å². The van der Waals surface area contributed by atoms with Crippen molar-refractivity contribution in [3.05, 3.63) is 0 Å². The van der Waals surface area contributed by atoms with Gasteiger partial charge in [-0.15, -0.1) is 0 Å². The molecule has 0 bridgehead atoms. The molecule has 0 radical (unpaired) electrons. The molecule has 2 heterocycles. The van der Waals surface area contributed by atoms with Gasteiger partial charge >= 0.3 is 0 Å². The third-order valence-electron chi connectivity index (χ3n) is 4.93. The fourth-order valence-corrected chi connectivity index (χ4v) is 3.80. The van der Waals surface area contributed by atoms with Gasteiger partial charge in [0.1, 0.15) is 0 Å². The van der Waals surface area contributed by atoms with Gasteiger partial charge in [0.15, 0.2) is 0 Å². The van der Waals surface area contributed by atoms with Gasteiger partial charge in [-0.05, 0) is 38.0 Å². The van der Waals surface area contributed by atoms with Crippen molar-refractivity contribution < 1.29 is 9.47 Å². The summed E-state index contributed by atoms with van der Waals surface area (Å²) in [5, 5.41) is 3.59. The van der Waals surface area contributed by atoms with Crippen molar-refractivity contribution in [1.82, 2.24) is 5.32 Å². The summed E-state index contributed by atoms with van der Waals surface area (Å²) in [6.45, 7) is 4.04. The van der Waals surface area contributed by atoms with E-state index < -0.39 is 0 Å². The van der Waals surface area contributed by atoms with E-state index >= 15 is 0 Å². The highest BCUT2D eigenvalue weighted by atomic mass is 16.5. The van der Waals surface area contributed by atoms with E-state index in [-0.39, 0.29) is 5.60 Å². The first kappa shape index (κ1) is 12.9. The van der Waals surface area contributed by atoms with Crippen LogP contribution in [0.25, 0.3) is 0 Å². The number of hydrogen-bond donors (Lipinski definition) is 1. The molecule has 1 saturated carbocycles. The van der Waals surface area contributed by atoms with Crippen LogP contribution in [-0.4, -0.2) is 38.0 Å². The van der Waals surface area contributed by atoms with Gasteiger partial charge < -0.3 is 14.8 Å². The molecule has 1 spiro atoms. The van der Waals surface area contributed by atoms with Crippen LogP contribution in [0.3, 0.4) is 0 Å². The Morgan fingerprint density at radius 2 is 1.89 bits per heavy atom. The molecule has 18 heavy (non-hydrogen) atoms. The summed E-state index contributed by atoms with van der Waals surface area (Å²) in [4.78, 5) is 0. The van der Waals surface area contributed by atoms with Crippen molar-refractivity contribution in [2.24, 2.45) is 5.92 Å². The van der Waals surface area contributed by atoms with Crippen molar-refractivity contribution in [2.75, 3.05) is 26.3 Å². The number of hydrogen-bond acceptors (Lipinski definition) is 3. The molecular weight excluding hydrogens is 226 g/mol. The van der Waals surface area contributed by atoms with E-state index in [0.717, 1.165) is 32.2 Å². The zero-order valence-electron chi connectivity index (χ0n) is 11.5. The van der Waals surface area contributed by atoms with Gasteiger partial charge in [0.25, 0.3) is 0 Å². The molecule has 2 atom stereocenters. The molecule has 0 amide bonds. The van der Waals surface area contributed by atoms with Crippen LogP contribution in [-0.2, 0) is 9.47 Å². The van der Waals surface area contributed by atoms with Gasteiger partial charge in [0.05, 0.1) is 18.3 Å². The van der Waals surface area contributed by atoms with Crippen molar-refractivity contribution >= 4 is 0 Å². The minimum Gasteiger partial charge on any atom is -0.381 e. The second-order valence-corrected chi connectivity index (χ2v) is 6.41. The summed E-state index contributed by atoms with van der Waals surface area (Å²) < 4.78 is 11.8. The Morgan fingerprint density at radius 1 is 1.00 bits per heavy atom. The molecule has 0 aromatic heterocycles. The van der Waals surface area contributed by atoms with Crippen LogP contribution in [0.5, 0.6) is 0 Å². The molecule has 3 nitrogen and oxygen atoms in total. The molecule has 2 unspecified atom stereocenters. The Kier molecular flexibility index (Phi) is 4.22. The third kappa shape index (κ3) is 3.06. The zero-order chi connectivity index (χ0) is 12.3. The van der Waals surface area contributed by atoms with Crippen LogP contribution in [0.1, 0.15) is 51.4 Å². The Labute approximate surface area is 111 Å². The van der Waals surface area contributed by atoms with Gasteiger partial charge in [-0.25, -0.2) is 0 Å². The lowest BCUT2D eigenvalue weighted by Crippen LogP contribution is -2.35. The molecule has 3 heteroatoms. The minimum absolute atomic E-state index is 0.279. The maximum Gasteiger partial charge on any atom is 0.0708 e. The molecule has 2 aliphatic heterocycles. The fourth-order valence-electron chi connectivity index (χ4n) is 3.80. The van der Waals surface area contributed by atoms with Crippen molar-refractivity contribution in [1.29, 1.82) is 0 Å². The molecule has 0 aromatic carbocycles. The maximum absolute atomic E-state index is 6.36. The van der Waals surface area contributed by atoms with Gasteiger partial charge in [0, 0.05) is 19.7 Å². The SMILES string of the molecule is C1CCC2(CC1)CCC(CNCC1CCOC1)O2. The van der Waals surface area contributed by atoms with Crippen LogP contribution in [0.15, 0.2) is 0 Å². The Balaban J connectivity index is 1.36. The summed E-state index contributed by atoms with van der Waals surface area (Å²) >= 11 is 0. The molecule has 3 rings (SSSR count). The predicted octanol–water partition coefficient (Wildman–Crippen LogP) is 2.49. The molecule has 1 aliphatic carbocycles. The topological polar surface area (TPSA) is 30.5 Å². The highest BCUT2D eigenvalue weighted by Crippen LogP contribution is 2.41. The van der Waals surface area contributed by atoms with Crippen LogP contribution in [0.4, 0.5) is 0 Å². The molecular formula is C15H27NO2. The quantitative estimate of drug-likeness (QED) is 0.835. The van der Waals surface area contributed by atoms with E-state index in [2.05, 4.69) is 5.32 Å². The van der Waals surface area contributed by atoms with Crippen LogP contribution in [0.2, 0.25) is 0 Å². The molecule has 2 saturated heterocycles. The molecule has 3 fully saturated rings. The first-order chi connectivity index (χ1) is 8.86. The van der Waals surface area contributed by atoms with E-state index in [4.69, 9.17) is 9.47 Å². The molecule has 104 valence electrons. The Bertz CT molecular complexity index is 257. The third-order valence-corrected chi connectivity index (χ3v) is 4.93. The van der Waals surface area contributed by atoms with Crippen molar-refractivity contribution in [3.63, 3.8) is 0 Å². The summed E-state index contributed by atoms with van der Waals surface area (Å²) in [5.74, 6) is 0.732. The standard InChI is InChI=1S/C15H27NO2/c1-2-6-15(7-3-1)8-4-14(18-15)11-16-10-13-5-9-17-12-13/h13-14,16H,1-12H2. The van der Waals surface area contributed by atoms with Gasteiger partial charge in [-0.1, -0.05) is 19.3 Å². The van der Waals surface area contributed by atoms with E-state index in [1.165, 1.54) is 51.4 Å². The minimum atomic E-state index is 0.279. The lowest BCUT2D eigenvalue weighted by molar-refractivity contribution is -0.0624. The normalized spacial score (nSPS) is 35.3. The first-order valence-corrected chi connectivity index (χ1v) is 7.83. The average Bonchev–Trinajstić information content (AvgIpc) is 3.02. The Morgan fingerprint density at radius 3 is 2.67 bits per heavy atom. The van der Waals surface area contributed by atoms with Crippen molar-refractivity contribution in [2.45, 2.75) is 63.1 Å². The largest absolute Gasteiger partial charge is 0.381 e. The molecule has 1 N–H and O–H groups in total. The number of ether oxygens (including phenoxy) is 2.